The van der Waals surface area contributed by atoms with E-state index in [-0.39, 0.29) is 24.0 Å². The summed E-state index contributed by atoms with van der Waals surface area (Å²) in [5.41, 5.74) is 0. The van der Waals surface area contributed by atoms with Gasteiger partial charge in [-0.15, -0.1) is 35.3 Å². The summed E-state index contributed by atoms with van der Waals surface area (Å²) in [4.78, 5) is 12.5. The topological polar surface area (TPSA) is 52.6 Å². The lowest BCUT2D eigenvalue weighted by Crippen LogP contribution is -2.38. The van der Waals surface area contributed by atoms with Crippen LogP contribution in [0.1, 0.15) is 23.7 Å². The third-order valence-electron chi connectivity index (χ3n) is 2.94. The van der Waals surface area contributed by atoms with Gasteiger partial charge in [0, 0.05) is 37.1 Å². The Hall–Kier alpha value is -0.410. The lowest BCUT2D eigenvalue weighted by Gasteiger charge is -2.14. The minimum atomic E-state index is 0. The number of guanidine groups is 1. The van der Waals surface area contributed by atoms with Gasteiger partial charge in [-0.25, -0.2) is 4.98 Å². The third kappa shape index (κ3) is 9.26. The van der Waals surface area contributed by atoms with Crippen LogP contribution in [0.25, 0.3) is 0 Å². The molecular formula is C14H28IN5S. The molecule has 1 rings (SSSR count). The Bertz CT molecular complexity index is 408. The number of halogens is 1. The van der Waals surface area contributed by atoms with Crippen LogP contribution in [-0.2, 0) is 6.42 Å². The van der Waals surface area contributed by atoms with E-state index in [1.165, 1.54) is 9.88 Å². The lowest BCUT2D eigenvalue weighted by molar-refractivity contribution is 0.363. The van der Waals surface area contributed by atoms with Gasteiger partial charge in [0.1, 0.15) is 0 Å². The summed E-state index contributed by atoms with van der Waals surface area (Å²) >= 11 is 1.76. The highest BCUT2D eigenvalue weighted by atomic mass is 127. The molecule has 0 aromatic carbocycles. The molecule has 0 fully saturated rings. The molecule has 0 aliphatic carbocycles. The lowest BCUT2D eigenvalue weighted by atomic mass is 10.4. The molecule has 0 atom stereocenters. The molecule has 0 unspecified atom stereocenters. The highest BCUT2D eigenvalue weighted by molar-refractivity contribution is 14.0. The first kappa shape index (κ1) is 20.6. The molecule has 0 bridgehead atoms. The van der Waals surface area contributed by atoms with Crippen molar-refractivity contribution in [2.45, 2.75) is 27.2 Å². The molecule has 0 saturated heterocycles. The summed E-state index contributed by atoms with van der Waals surface area (Å²) in [6.45, 7) is 10.9. The van der Waals surface area contributed by atoms with Crippen molar-refractivity contribution in [2.24, 2.45) is 4.99 Å². The second kappa shape index (κ2) is 12.2. The van der Waals surface area contributed by atoms with Crippen LogP contribution >= 0.6 is 35.3 Å². The smallest absolute Gasteiger partial charge is 0.191 e. The second-order valence-electron chi connectivity index (χ2n) is 4.70. The zero-order valence-corrected chi connectivity index (χ0v) is 16.6. The van der Waals surface area contributed by atoms with Gasteiger partial charge in [-0.3, -0.25) is 4.99 Å². The minimum Gasteiger partial charge on any atom is -0.357 e. The molecule has 21 heavy (non-hydrogen) atoms. The Morgan fingerprint density at radius 2 is 2.14 bits per heavy atom. The number of nitrogens with zero attached hydrogens (tertiary/aromatic N) is 3. The molecule has 0 radical (unpaired) electrons. The van der Waals surface area contributed by atoms with Crippen LogP contribution < -0.4 is 10.6 Å². The van der Waals surface area contributed by atoms with Gasteiger partial charge in [0.2, 0.25) is 0 Å². The van der Waals surface area contributed by atoms with E-state index in [1.807, 2.05) is 6.20 Å². The summed E-state index contributed by atoms with van der Waals surface area (Å²) in [7, 11) is 2.11. The molecule has 1 aromatic rings. The predicted molar refractivity (Wildman–Crippen MR) is 103 cm³/mol. The molecular weight excluding hydrogens is 397 g/mol. The second-order valence-corrected chi connectivity index (χ2v) is 6.02. The van der Waals surface area contributed by atoms with Gasteiger partial charge in [-0.1, -0.05) is 6.92 Å². The first-order valence-electron chi connectivity index (χ1n) is 7.27. The maximum absolute atomic E-state index is 4.57. The zero-order chi connectivity index (χ0) is 14.8. The average Bonchev–Trinajstić information content (AvgIpc) is 2.84. The summed E-state index contributed by atoms with van der Waals surface area (Å²) in [5, 5.41) is 7.80. The van der Waals surface area contributed by atoms with E-state index in [2.05, 4.69) is 53.3 Å². The van der Waals surface area contributed by atoms with Crippen molar-refractivity contribution in [3.05, 3.63) is 16.1 Å². The predicted octanol–water partition coefficient (Wildman–Crippen LogP) is 2.12. The van der Waals surface area contributed by atoms with Gasteiger partial charge in [0.15, 0.2) is 5.96 Å². The first-order valence-corrected chi connectivity index (χ1v) is 8.09. The van der Waals surface area contributed by atoms with E-state index in [0.29, 0.717) is 0 Å². The Morgan fingerprint density at radius 1 is 1.38 bits per heavy atom. The van der Waals surface area contributed by atoms with Crippen molar-refractivity contribution in [1.29, 1.82) is 0 Å². The van der Waals surface area contributed by atoms with E-state index in [1.54, 1.807) is 11.3 Å². The fraction of sp³-hybridized carbons (Fsp3) is 0.714. The SMILES string of the molecule is CCNC(=NCCN(C)CC)NCCc1ncc(C)s1.I. The minimum absolute atomic E-state index is 0. The van der Waals surface area contributed by atoms with Gasteiger partial charge in [0.05, 0.1) is 11.6 Å². The third-order valence-corrected chi connectivity index (χ3v) is 3.91. The van der Waals surface area contributed by atoms with Crippen molar-refractivity contribution < 1.29 is 0 Å². The van der Waals surface area contributed by atoms with E-state index >= 15 is 0 Å². The molecule has 2 N–H and O–H groups in total. The van der Waals surface area contributed by atoms with E-state index < -0.39 is 0 Å². The molecule has 1 aromatic heterocycles. The van der Waals surface area contributed by atoms with Gasteiger partial charge < -0.3 is 15.5 Å². The normalized spacial score (nSPS) is 11.4. The molecule has 7 heteroatoms. The Labute approximate surface area is 149 Å². The van der Waals surface area contributed by atoms with Gasteiger partial charge in [-0.05, 0) is 27.4 Å². The quantitative estimate of drug-likeness (QED) is 0.381. The van der Waals surface area contributed by atoms with Gasteiger partial charge >= 0.3 is 0 Å². The highest BCUT2D eigenvalue weighted by Gasteiger charge is 2.01. The molecule has 0 aliphatic rings. The largest absolute Gasteiger partial charge is 0.357 e. The fourth-order valence-corrected chi connectivity index (χ4v) is 2.42. The van der Waals surface area contributed by atoms with E-state index in [0.717, 1.165) is 45.1 Å². The number of aryl methyl sites for hydroxylation is 1. The van der Waals surface area contributed by atoms with Crippen molar-refractivity contribution in [3.8, 4) is 0 Å². The van der Waals surface area contributed by atoms with Crippen LogP contribution in [0.15, 0.2) is 11.2 Å². The number of thiazole rings is 1. The monoisotopic (exact) mass is 425 g/mol. The van der Waals surface area contributed by atoms with Crippen LogP contribution in [0.5, 0.6) is 0 Å². The summed E-state index contributed by atoms with van der Waals surface area (Å²) < 4.78 is 0. The van der Waals surface area contributed by atoms with Crippen molar-refractivity contribution in [1.82, 2.24) is 20.5 Å². The highest BCUT2D eigenvalue weighted by Crippen LogP contribution is 2.10. The number of hydrogen-bond acceptors (Lipinski definition) is 4. The molecule has 0 spiro atoms. The maximum atomic E-state index is 4.57. The van der Waals surface area contributed by atoms with Crippen molar-refractivity contribution >= 4 is 41.3 Å². The number of rotatable bonds is 8. The van der Waals surface area contributed by atoms with Crippen LogP contribution in [0, 0.1) is 6.92 Å². The van der Waals surface area contributed by atoms with Gasteiger partial charge in [-0.2, -0.15) is 0 Å². The number of hydrogen-bond donors (Lipinski definition) is 2. The standard InChI is InChI=1S/C14H27N5S.HI/c1-5-15-14(17-9-10-19(4)6-2)16-8-7-13-18-11-12(3)20-13;/h11H,5-10H2,1-4H3,(H2,15,16,17);1H. The van der Waals surface area contributed by atoms with Crippen LogP contribution in [-0.4, -0.2) is 55.6 Å². The summed E-state index contributed by atoms with van der Waals surface area (Å²) in [5.74, 6) is 0.894. The molecule has 122 valence electrons. The molecule has 0 amide bonds. The summed E-state index contributed by atoms with van der Waals surface area (Å²) in [6.07, 6.45) is 2.87. The molecule has 1 heterocycles. The number of likely N-dealkylation sites (N-methyl/N-ethyl adjacent to an activating group) is 1. The number of nitrogens with one attached hydrogen (secondary N) is 2. The van der Waals surface area contributed by atoms with Crippen LogP contribution in [0.2, 0.25) is 0 Å². The molecule has 0 aliphatic heterocycles. The van der Waals surface area contributed by atoms with Crippen LogP contribution in [0.4, 0.5) is 0 Å². The van der Waals surface area contributed by atoms with Crippen molar-refractivity contribution in [2.75, 3.05) is 39.8 Å². The number of aromatic nitrogens is 1. The number of aliphatic imine (C=N–C) groups is 1. The molecule has 5 nitrogen and oxygen atoms in total. The molecule has 0 saturated carbocycles. The summed E-state index contributed by atoms with van der Waals surface area (Å²) in [6, 6.07) is 0. The van der Waals surface area contributed by atoms with Crippen LogP contribution in [0.3, 0.4) is 0 Å². The van der Waals surface area contributed by atoms with E-state index in [4.69, 9.17) is 0 Å². The van der Waals surface area contributed by atoms with Gasteiger partial charge in [0.25, 0.3) is 0 Å². The van der Waals surface area contributed by atoms with E-state index in [9.17, 15) is 0 Å². The zero-order valence-electron chi connectivity index (χ0n) is 13.5. The van der Waals surface area contributed by atoms with Crippen molar-refractivity contribution in [3.63, 3.8) is 0 Å². The maximum Gasteiger partial charge on any atom is 0.191 e. The fourth-order valence-electron chi connectivity index (χ4n) is 1.64. The Kier molecular flexibility index (Phi) is 11.9. The first-order chi connectivity index (χ1) is 9.65. The average molecular weight is 425 g/mol. The Morgan fingerprint density at radius 3 is 2.71 bits per heavy atom. The Balaban J connectivity index is 0.00000400.